The number of benzene rings is 2. The molecule has 0 bridgehead atoms. The van der Waals surface area contributed by atoms with Gasteiger partial charge in [-0.2, -0.15) is 0 Å². The fourth-order valence-electron chi connectivity index (χ4n) is 6.28. The normalized spacial score (nSPS) is 9.83. The quantitative estimate of drug-likeness (QED) is 0.0445. The van der Waals surface area contributed by atoms with Crippen LogP contribution in [0.4, 0.5) is 8.78 Å². The molecule has 0 atom stereocenters. The highest BCUT2D eigenvalue weighted by atomic mass is 79.9. The van der Waals surface area contributed by atoms with Gasteiger partial charge in [0.2, 0.25) is 17.6 Å². The number of hydrogen-bond donors (Lipinski definition) is 2. The molecular formula is C50H53BBrCl2F2N4O16. The first-order chi connectivity index (χ1) is 36.1. The minimum absolute atomic E-state index is 0.0439. The fraction of sp³-hybridized carbons (Fsp3) is 0.280. The van der Waals surface area contributed by atoms with Crippen LogP contribution in [0.1, 0.15) is 71.1 Å². The SMILES string of the molecule is CCOC(=O)c1c(Cl)cc(Cl)nc1C.COC(=O)c1c(C)nc(OC)c(Br)c1OC.COC(=O)c1c(OC)cc(OC)nc1C.COc1nc(C)c(C(=O)O)c(OC)c1-c1ccc(F)cc1.O[B]Oc1ccc(F)cc1. The maximum Gasteiger partial charge on any atom is 0.569 e. The topological polar surface area (TPSA) is 253 Å². The first kappa shape index (κ1) is 64.6. The van der Waals surface area contributed by atoms with Crippen molar-refractivity contribution in [3.8, 4) is 51.8 Å². The average Bonchev–Trinajstić information content (AvgIpc) is 3.39. The molecule has 4 aromatic heterocycles. The molecule has 0 spiro atoms. The molecule has 0 unspecified atom stereocenters. The van der Waals surface area contributed by atoms with Gasteiger partial charge in [-0.05, 0) is 98.6 Å². The zero-order valence-electron chi connectivity index (χ0n) is 43.3. The summed E-state index contributed by atoms with van der Waals surface area (Å²) in [5.74, 6) is -1.03. The molecule has 4 heterocycles. The van der Waals surface area contributed by atoms with Gasteiger partial charge in [0.05, 0.1) is 102 Å². The number of rotatable bonds is 14. The van der Waals surface area contributed by atoms with E-state index >= 15 is 0 Å². The number of aromatic carboxylic acids is 1. The van der Waals surface area contributed by atoms with E-state index in [1.165, 1.54) is 111 Å². The smallest absolute Gasteiger partial charge is 0.537 e. The summed E-state index contributed by atoms with van der Waals surface area (Å²) >= 11 is 14.8. The van der Waals surface area contributed by atoms with Gasteiger partial charge in [-0.1, -0.05) is 35.3 Å². The van der Waals surface area contributed by atoms with Gasteiger partial charge in [-0.15, -0.1) is 0 Å². The number of carboxylic acids is 1. The van der Waals surface area contributed by atoms with Crippen molar-refractivity contribution in [1.82, 2.24) is 19.9 Å². The van der Waals surface area contributed by atoms with Gasteiger partial charge in [-0.3, -0.25) is 0 Å². The molecular weight excluding hydrogens is 1110 g/mol. The first-order valence-electron chi connectivity index (χ1n) is 21.6. The van der Waals surface area contributed by atoms with Crippen LogP contribution in [0, 0.1) is 39.3 Å². The predicted molar refractivity (Wildman–Crippen MR) is 279 cm³/mol. The van der Waals surface area contributed by atoms with E-state index in [0.717, 1.165) is 0 Å². The third-order valence-electron chi connectivity index (χ3n) is 9.64. The zero-order chi connectivity index (χ0) is 57.4. The van der Waals surface area contributed by atoms with Gasteiger partial charge < -0.3 is 57.4 Å². The van der Waals surface area contributed by atoms with Crippen LogP contribution in [0.5, 0.6) is 40.6 Å². The lowest BCUT2D eigenvalue weighted by molar-refractivity contribution is 0.0522. The largest absolute Gasteiger partial charge is 0.569 e. The molecule has 2 N–H and O–H groups in total. The molecule has 0 fully saturated rings. The van der Waals surface area contributed by atoms with Crippen LogP contribution in [0.25, 0.3) is 11.1 Å². The second kappa shape index (κ2) is 32.0. The summed E-state index contributed by atoms with van der Waals surface area (Å²) in [6.07, 6.45) is 0. The van der Waals surface area contributed by atoms with Gasteiger partial charge in [0, 0.05) is 6.07 Å². The number of methoxy groups -OCH3 is 8. The fourth-order valence-corrected chi connectivity index (χ4v) is 7.50. The molecule has 76 heavy (non-hydrogen) atoms. The van der Waals surface area contributed by atoms with Gasteiger partial charge in [-0.25, -0.2) is 47.9 Å². The van der Waals surface area contributed by atoms with E-state index in [2.05, 4.69) is 50.0 Å². The summed E-state index contributed by atoms with van der Waals surface area (Å²) in [5.41, 5.74) is 3.53. The number of ether oxygens (including phenoxy) is 9. The highest BCUT2D eigenvalue weighted by Crippen LogP contribution is 2.41. The molecule has 0 aliphatic carbocycles. The number of carbonyl (C=O) groups is 4. The lowest BCUT2D eigenvalue weighted by Crippen LogP contribution is -2.09. The predicted octanol–water partition coefficient (Wildman–Crippen LogP) is 9.67. The molecule has 20 nitrogen and oxygen atoms in total. The monoisotopic (exact) mass is 1160 g/mol. The number of carbonyl (C=O) groups excluding carboxylic acids is 3. The van der Waals surface area contributed by atoms with Gasteiger partial charge >= 0.3 is 31.6 Å². The van der Waals surface area contributed by atoms with E-state index in [1.54, 1.807) is 40.7 Å². The first-order valence-corrected chi connectivity index (χ1v) is 23.2. The molecule has 0 aliphatic rings. The molecule has 0 saturated carbocycles. The van der Waals surface area contributed by atoms with E-state index in [0.29, 0.717) is 81.5 Å². The molecule has 2 aromatic carbocycles. The van der Waals surface area contributed by atoms with Crippen LogP contribution < -0.4 is 33.1 Å². The molecule has 1 radical (unpaired) electrons. The lowest BCUT2D eigenvalue weighted by atomic mass is 10.0. The number of pyridine rings is 4. The second-order valence-electron chi connectivity index (χ2n) is 14.3. The number of aryl methyl sites for hydroxylation is 4. The maximum absolute atomic E-state index is 13.1. The number of hydrogen-bond acceptors (Lipinski definition) is 19. The van der Waals surface area contributed by atoms with E-state index in [1.807, 2.05) is 0 Å². The molecule has 0 saturated heterocycles. The van der Waals surface area contributed by atoms with Crippen LogP contribution in [0.15, 0.2) is 65.1 Å². The summed E-state index contributed by atoms with van der Waals surface area (Å²) in [5, 5.41) is 18.0. The van der Waals surface area contributed by atoms with Crippen molar-refractivity contribution >= 4 is 70.7 Å². The summed E-state index contributed by atoms with van der Waals surface area (Å²) in [7, 11) is 11.9. The number of nitrogens with zero attached hydrogens (tertiary/aromatic N) is 4. The standard InChI is InChI=1S/C15H14FNO4.C10H12BrNO4.C10H13NO4.C9H9Cl2NO2.C6H5BFO2/c1-8-11(15(18)19)13(20-2)12(14(17-8)21-3)9-4-6-10(16)7-5-9;1-5-6(10(13)16-4)8(14-2)7(11)9(12-5)15-3;1-6-9(10(12)15-4)7(13-2)5-8(11-6)14-3;1-3-14-9(13)8-5(2)12-7(11)4-6(8)10;8-5-1-3-6(4-2-5)10-7-9/h4-7H,1-3H3,(H,18,19);1-4H3;5H,1-4H3;4H,3H2,1-2H3;1-4,9H. The number of aromatic nitrogens is 4. The van der Waals surface area contributed by atoms with Crippen molar-refractivity contribution in [3.63, 3.8) is 0 Å². The Morgan fingerprint density at radius 2 is 1.11 bits per heavy atom. The Bertz CT molecular complexity index is 2920. The van der Waals surface area contributed by atoms with Gasteiger partial charge in [0.15, 0.2) is 5.75 Å². The molecule has 26 heteroatoms. The zero-order valence-corrected chi connectivity index (χ0v) is 46.4. The lowest BCUT2D eigenvalue weighted by Gasteiger charge is -2.16. The van der Waals surface area contributed by atoms with Crippen LogP contribution in [-0.4, -0.2) is 125 Å². The van der Waals surface area contributed by atoms with Crippen molar-refractivity contribution in [2.24, 2.45) is 0 Å². The van der Waals surface area contributed by atoms with Gasteiger partial charge in [0.25, 0.3) is 0 Å². The summed E-state index contributed by atoms with van der Waals surface area (Å²) < 4.78 is 75.1. The van der Waals surface area contributed by atoms with Gasteiger partial charge in [0.1, 0.15) is 55.2 Å². The van der Waals surface area contributed by atoms with Crippen molar-refractivity contribution in [1.29, 1.82) is 0 Å². The molecule has 0 amide bonds. The highest BCUT2D eigenvalue weighted by Gasteiger charge is 2.26. The van der Waals surface area contributed by atoms with Crippen LogP contribution in [-0.2, 0) is 14.2 Å². The number of esters is 3. The van der Waals surface area contributed by atoms with Crippen molar-refractivity contribution in [2.45, 2.75) is 34.6 Å². The van der Waals surface area contributed by atoms with E-state index in [4.69, 9.17) is 61.4 Å². The van der Waals surface area contributed by atoms with Crippen molar-refractivity contribution in [3.05, 3.63) is 132 Å². The Labute approximate surface area is 455 Å². The minimum Gasteiger partial charge on any atom is -0.537 e. The number of carboxylic acid groups (broad SMARTS) is 1. The molecule has 0 aliphatic heterocycles. The Kier molecular flexibility index (Phi) is 27.2. The van der Waals surface area contributed by atoms with Crippen molar-refractivity contribution in [2.75, 3.05) is 63.5 Å². The molecule has 407 valence electrons. The van der Waals surface area contributed by atoms with E-state index < -0.39 is 29.7 Å². The highest BCUT2D eigenvalue weighted by molar-refractivity contribution is 9.10. The third-order valence-corrected chi connectivity index (χ3v) is 10.8. The van der Waals surface area contributed by atoms with E-state index in [9.17, 15) is 33.1 Å². The Hall–Kier alpha value is -7.54. The molecule has 6 rings (SSSR count). The third kappa shape index (κ3) is 17.8. The average molecular weight is 1170 g/mol. The number of halogens is 5. The van der Waals surface area contributed by atoms with E-state index in [-0.39, 0.29) is 50.0 Å². The van der Waals surface area contributed by atoms with Crippen LogP contribution in [0.2, 0.25) is 10.2 Å². The summed E-state index contributed by atoms with van der Waals surface area (Å²) in [6, 6.07) is 13.9. The maximum atomic E-state index is 13.1. The second-order valence-corrected chi connectivity index (χ2v) is 15.9. The Balaban J connectivity index is 0.000000331. The summed E-state index contributed by atoms with van der Waals surface area (Å²) in [4.78, 5) is 62.1. The minimum atomic E-state index is -1.15. The Morgan fingerprint density at radius 1 is 0.605 bits per heavy atom. The Morgan fingerprint density at radius 3 is 1.57 bits per heavy atom. The van der Waals surface area contributed by atoms with Crippen molar-refractivity contribution < 1.29 is 85.4 Å². The van der Waals surface area contributed by atoms with Crippen LogP contribution in [0.3, 0.4) is 0 Å². The summed E-state index contributed by atoms with van der Waals surface area (Å²) in [6.45, 7) is 8.62. The molecule has 6 aromatic rings. The van der Waals surface area contributed by atoms with Crippen LogP contribution >= 0.6 is 39.1 Å².